The number of rotatable bonds is 5. The van der Waals surface area contributed by atoms with Crippen LogP contribution in [0.2, 0.25) is 5.82 Å². The number of fused-ring (bicyclic) bond motifs is 1. The molecular weight excluding hydrogens is 335 g/mol. The van der Waals surface area contributed by atoms with Crippen LogP contribution in [0.1, 0.15) is 39.6 Å². The third-order valence-corrected chi connectivity index (χ3v) is 4.37. The number of carbonyl (C=O) groups excluding carboxylic acids is 2. The van der Waals surface area contributed by atoms with E-state index < -0.39 is 18.9 Å². The van der Waals surface area contributed by atoms with Crippen molar-refractivity contribution in [3.8, 4) is 11.5 Å². The third-order valence-electron chi connectivity index (χ3n) is 4.37. The summed E-state index contributed by atoms with van der Waals surface area (Å²) in [5.74, 6) is -1.06. The summed E-state index contributed by atoms with van der Waals surface area (Å²) in [5, 5.41) is 20.1. The molecule has 7 heteroatoms. The Labute approximate surface area is 151 Å². The number of benzene rings is 2. The first kappa shape index (κ1) is 18.0. The van der Waals surface area contributed by atoms with E-state index in [0.717, 1.165) is 5.56 Å². The Kier molecular flexibility index (Phi) is 5.28. The average Bonchev–Trinajstić information content (AvgIpc) is 2.62. The molecule has 1 atom stereocenters. The van der Waals surface area contributed by atoms with Crippen LogP contribution in [-0.2, 0) is 11.2 Å². The summed E-state index contributed by atoms with van der Waals surface area (Å²) in [6, 6.07) is 11.4. The van der Waals surface area contributed by atoms with Gasteiger partial charge in [0.2, 0.25) is 0 Å². The van der Waals surface area contributed by atoms with E-state index in [1.807, 2.05) is 0 Å². The second-order valence-corrected chi connectivity index (χ2v) is 6.13. The minimum absolute atomic E-state index is 0.0157. The molecule has 0 saturated heterocycles. The van der Waals surface area contributed by atoms with Crippen molar-refractivity contribution in [1.29, 1.82) is 0 Å². The maximum Gasteiger partial charge on any atom is 0.526 e. The highest BCUT2D eigenvalue weighted by Gasteiger charge is 2.38. The third kappa shape index (κ3) is 3.58. The molecule has 0 saturated carbocycles. The Morgan fingerprint density at radius 2 is 1.92 bits per heavy atom. The summed E-state index contributed by atoms with van der Waals surface area (Å²) in [7, 11) is -1.23. The first-order valence-corrected chi connectivity index (χ1v) is 8.46. The fourth-order valence-corrected chi connectivity index (χ4v) is 3.09. The van der Waals surface area contributed by atoms with Crippen LogP contribution in [0.15, 0.2) is 42.5 Å². The van der Waals surface area contributed by atoms with Gasteiger partial charge in [-0.2, -0.15) is 0 Å². The van der Waals surface area contributed by atoms with E-state index >= 15 is 0 Å². The number of hydrogen-bond donors (Lipinski definition) is 2. The van der Waals surface area contributed by atoms with Crippen LogP contribution in [-0.4, -0.2) is 35.6 Å². The fourth-order valence-electron chi connectivity index (χ4n) is 3.09. The van der Waals surface area contributed by atoms with E-state index in [1.165, 1.54) is 6.07 Å². The number of aromatic hydroxyl groups is 1. The maximum atomic E-state index is 12.5. The average molecular weight is 354 g/mol. The second kappa shape index (κ2) is 7.62. The quantitative estimate of drug-likeness (QED) is 0.487. The molecule has 0 bridgehead atoms. The van der Waals surface area contributed by atoms with E-state index in [4.69, 9.17) is 9.39 Å². The zero-order valence-electron chi connectivity index (χ0n) is 14.3. The summed E-state index contributed by atoms with van der Waals surface area (Å²) < 4.78 is 10.6. The van der Waals surface area contributed by atoms with Gasteiger partial charge in [0.15, 0.2) is 5.78 Å². The summed E-state index contributed by atoms with van der Waals surface area (Å²) >= 11 is 0. The van der Waals surface area contributed by atoms with Crippen molar-refractivity contribution in [2.75, 3.05) is 6.61 Å². The van der Waals surface area contributed by atoms with E-state index in [0.29, 0.717) is 12.2 Å². The van der Waals surface area contributed by atoms with E-state index in [9.17, 15) is 19.7 Å². The molecule has 0 radical (unpaired) electrons. The van der Waals surface area contributed by atoms with Crippen molar-refractivity contribution in [2.24, 2.45) is 0 Å². The number of hydrogen-bond acceptors (Lipinski definition) is 6. The number of carbonyl (C=O) groups is 2. The van der Waals surface area contributed by atoms with Crippen LogP contribution < -0.4 is 4.65 Å². The van der Waals surface area contributed by atoms with Crippen LogP contribution in [0.25, 0.3) is 0 Å². The van der Waals surface area contributed by atoms with Gasteiger partial charge in [0.1, 0.15) is 17.1 Å². The van der Waals surface area contributed by atoms with Crippen LogP contribution in [0.5, 0.6) is 11.5 Å². The van der Waals surface area contributed by atoms with Gasteiger partial charge < -0.3 is 19.5 Å². The van der Waals surface area contributed by atoms with Crippen molar-refractivity contribution >= 4 is 18.9 Å². The zero-order chi connectivity index (χ0) is 18.7. The van der Waals surface area contributed by atoms with Gasteiger partial charge in [0.25, 0.3) is 0 Å². The Bertz CT molecular complexity index is 835. The Balaban J connectivity index is 1.80. The van der Waals surface area contributed by atoms with Gasteiger partial charge >= 0.3 is 13.1 Å². The first-order valence-electron chi connectivity index (χ1n) is 8.46. The van der Waals surface area contributed by atoms with Crippen molar-refractivity contribution in [2.45, 2.75) is 25.6 Å². The zero-order valence-corrected chi connectivity index (χ0v) is 14.3. The molecule has 0 fully saturated rings. The highest BCUT2D eigenvalue weighted by molar-refractivity contribution is 6.47. The van der Waals surface area contributed by atoms with Crippen molar-refractivity contribution < 1.29 is 29.1 Å². The molecule has 134 valence electrons. The van der Waals surface area contributed by atoms with Crippen LogP contribution in [0.3, 0.4) is 0 Å². The van der Waals surface area contributed by atoms with Gasteiger partial charge in [0.05, 0.1) is 12.2 Å². The van der Waals surface area contributed by atoms with Crippen LogP contribution in [0, 0.1) is 0 Å². The smallest absolute Gasteiger partial charge is 0.526 e. The maximum absolute atomic E-state index is 12.5. The summed E-state index contributed by atoms with van der Waals surface area (Å²) in [6.45, 7) is 1.95. The van der Waals surface area contributed by atoms with Crippen LogP contribution in [0.4, 0.5) is 0 Å². The molecule has 6 nitrogen and oxygen atoms in total. The lowest BCUT2D eigenvalue weighted by Crippen LogP contribution is -2.36. The second-order valence-electron chi connectivity index (χ2n) is 6.13. The molecule has 1 heterocycles. The largest absolute Gasteiger partial charge is 0.535 e. The summed E-state index contributed by atoms with van der Waals surface area (Å²) in [4.78, 5) is 24.5. The molecule has 3 rings (SSSR count). The molecule has 1 aliphatic rings. The van der Waals surface area contributed by atoms with Gasteiger partial charge in [-0.3, -0.25) is 4.79 Å². The van der Waals surface area contributed by atoms with Crippen LogP contribution >= 0.6 is 0 Å². The topological polar surface area (TPSA) is 93.1 Å². The molecule has 2 aromatic carbocycles. The lowest BCUT2D eigenvalue weighted by atomic mass is 9.64. The number of phenols is 1. The lowest BCUT2D eigenvalue weighted by molar-refractivity contribution is 0.0523. The Morgan fingerprint density at radius 1 is 1.19 bits per heavy atom. The normalized spacial score (nSPS) is 15.8. The molecule has 1 aliphatic heterocycles. The van der Waals surface area contributed by atoms with Gasteiger partial charge in [-0.15, -0.1) is 0 Å². The van der Waals surface area contributed by atoms with Gasteiger partial charge in [-0.1, -0.05) is 24.3 Å². The number of para-hydroxylation sites is 2. The van der Waals surface area contributed by atoms with Crippen molar-refractivity contribution in [1.82, 2.24) is 0 Å². The molecule has 2 N–H and O–H groups in total. The Morgan fingerprint density at radius 3 is 2.65 bits per heavy atom. The number of ether oxygens (including phenoxy) is 1. The molecule has 0 unspecified atom stereocenters. The number of phenolic OH excluding ortho intramolecular Hbond substituents is 1. The standard InChI is InChI=1S/C19H19BO6/c1-2-25-19(23)15-8-5-6-12-10-13(20(24)26-18(12)15)11-17(22)14-7-3-4-9-16(14)21/h3-9,13,21,24H,2,10-11H2,1H3/t13-/m1/s1. The molecule has 2 aromatic rings. The predicted octanol–water partition coefficient (Wildman–Crippen LogP) is 2.63. The van der Waals surface area contributed by atoms with E-state index in [2.05, 4.69) is 0 Å². The highest BCUT2D eigenvalue weighted by atomic mass is 16.5. The molecule has 0 amide bonds. The lowest BCUT2D eigenvalue weighted by Gasteiger charge is -2.28. The number of ketones is 1. The van der Waals surface area contributed by atoms with Crippen molar-refractivity contribution in [3.63, 3.8) is 0 Å². The van der Waals surface area contributed by atoms with Gasteiger partial charge in [-0.05, 0) is 37.1 Å². The SMILES string of the molecule is CCOC(=O)c1cccc2c1OB(O)[C@@H](CC(=O)c1ccccc1O)C2. The molecule has 26 heavy (non-hydrogen) atoms. The fraction of sp³-hybridized carbons (Fsp3) is 0.263. The van der Waals surface area contributed by atoms with E-state index in [-0.39, 0.29) is 35.7 Å². The number of Topliss-reactive ketones (excluding diaryl/α,β-unsaturated/α-hetero) is 1. The number of esters is 1. The van der Waals surface area contributed by atoms with Gasteiger partial charge in [0, 0.05) is 12.2 Å². The first-order chi connectivity index (χ1) is 12.5. The van der Waals surface area contributed by atoms with E-state index in [1.54, 1.807) is 43.3 Å². The predicted molar refractivity (Wildman–Crippen MR) is 95.5 cm³/mol. The monoisotopic (exact) mass is 354 g/mol. The minimum atomic E-state index is -1.23. The highest BCUT2D eigenvalue weighted by Crippen LogP contribution is 2.37. The van der Waals surface area contributed by atoms with Gasteiger partial charge in [-0.25, -0.2) is 4.79 Å². The molecule has 0 aromatic heterocycles. The molecule has 0 aliphatic carbocycles. The Hall–Kier alpha value is -2.80. The van der Waals surface area contributed by atoms with Crippen molar-refractivity contribution in [3.05, 3.63) is 59.2 Å². The minimum Gasteiger partial charge on any atom is -0.535 e. The summed E-state index contributed by atoms with van der Waals surface area (Å²) in [6.07, 6.45) is 0.394. The molecular formula is C19H19BO6. The summed E-state index contributed by atoms with van der Waals surface area (Å²) in [5.41, 5.74) is 1.20. The molecule has 0 spiro atoms.